The highest BCUT2D eigenvalue weighted by molar-refractivity contribution is 9.10. The molecule has 3 nitrogen and oxygen atoms in total. The molecular weight excluding hydrogens is 328 g/mol. The summed E-state index contributed by atoms with van der Waals surface area (Å²) in [5.74, 6) is -0.278. The van der Waals surface area contributed by atoms with Crippen LogP contribution in [0.3, 0.4) is 0 Å². The van der Waals surface area contributed by atoms with E-state index in [4.69, 9.17) is 16.9 Å². The van der Waals surface area contributed by atoms with Crippen molar-refractivity contribution in [2.24, 2.45) is 0 Å². The Morgan fingerprint density at radius 1 is 1.26 bits per heavy atom. The first-order chi connectivity index (χ1) is 9.10. The number of carbonyl (C=O) groups excluding carboxylic acids is 1. The van der Waals surface area contributed by atoms with Crippen molar-refractivity contribution >= 4 is 39.1 Å². The standard InChI is InChI=1S/C14H8BrClN2O/c15-12-7-11(16)4-5-13(12)18-14(19)10-3-1-2-9(6-10)8-17/h1-7H,(H,18,19). The van der Waals surface area contributed by atoms with E-state index in [9.17, 15) is 4.79 Å². The van der Waals surface area contributed by atoms with E-state index in [0.29, 0.717) is 26.3 Å². The van der Waals surface area contributed by atoms with E-state index in [1.54, 1.807) is 42.5 Å². The molecule has 0 heterocycles. The summed E-state index contributed by atoms with van der Waals surface area (Å²) in [7, 11) is 0. The fourth-order valence-corrected chi connectivity index (χ4v) is 2.30. The maximum atomic E-state index is 12.0. The molecule has 5 heteroatoms. The van der Waals surface area contributed by atoms with Crippen molar-refractivity contribution in [1.29, 1.82) is 5.26 Å². The first-order valence-electron chi connectivity index (χ1n) is 5.37. The van der Waals surface area contributed by atoms with Crippen LogP contribution in [0.1, 0.15) is 15.9 Å². The Labute approximate surface area is 123 Å². The second-order valence-electron chi connectivity index (χ2n) is 3.77. The van der Waals surface area contributed by atoms with Crippen LogP contribution in [-0.4, -0.2) is 5.91 Å². The lowest BCUT2D eigenvalue weighted by molar-refractivity contribution is 0.102. The molecule has 2 aromatic rings. The summed E-state index contributed by atoms with van der Waals surface area (Å²) in [4.78, 5) is 12.0. The zero-order chi connectivity index (χ0) is 13.8. The number of hydrogen-bond donors (Lipinski definition) is 1. The maximum absolute atomic E-state index is 12.0. The minimum Gasteiger partial charge on any atom is -0.321 e. The van der Waals surface area contributed by atoms with Crippen molar-refractivity contribution in [2.45, 2.75) is 0 Å². The zero-order valence-corrected chi connectivity index (χ0v) is 12.0. The van der Waals surface area contributed by atoms with Gasteiger partial charge in [0.05, 0.1) is 17.3 Å². The Hall–Kier alpha value is -1.83. The van der Waals surface area contributed by atoms with Crippen LogP contribution >= 0.6 is 27.5 Å². The predicted octanol–water partition coefficient (Wildman–Crippen LogP) is 4.23. The van der Waals surface area contributed by atoms with Crippen LogP contribution in [0.5, 0.6) is 0 Å². The van der Waals surface area contributed by atoms with Crippen molar-refractivity contribution in [2.75, 3.05) is 5.32 Å². The predicted molar refractivity (Wildman–Crippen MR) is 78.3 cm³/mol. The summed E-state index contributed by atoms with van der Waals surface area (Å²) < 4.78 is 0.699. The van der Waals surface area contributed by atoms with Crippen molar-refractivity contribution in [3.8, 4) is 6.07 Å². The molecule has 2 rings (SSSR count). The highest BCUT2D eigenvalue weighted by Gasteiger charge is 2.09. The highest BCUT2D eigenvalue weighted by atomic mass is 79.9. The molecule has 0 spiro atoms. The molecule has 0 saturated heterocycles. The van der Waals surface area contributed by atoms with Crippen molar-refractivity contribution in [3.63, 3.8) is 0 Å². The largest absolute Gasteiger partial charge is 0.321 e. The van der Waals surface area contributed by atoms with Crippen LogP contribution < -0.4 is 5.32 Å². The molecule has 0 aliphatic rings. The summed E-state index contributed by atoms with van der Waals surface area (Å²) in [6, 6.07) is 13.6. The van der Waals surface area contributed by atoms with Gasteiger partial charge in [0.15, 0.2) is 0 Å². The molecule has 1 N–H and O–H groups in total. The number of carbonyl (C=O) groups is 1. The van der Waals surface area contributed by atoms with E-state index in [0.717, 1.165) is 0 Å². The number of halogens is 2. The average Bonchev–Trinajstić information content (AvgIpc) is 2.42. The molecule has 0 fully saturated rings. The van der Waals surface area contributed by atoms with Gasteiger partial charge in [0.25, 0.3) is 5.91 Å². The fraction of sp³-hybridized carbons (Fsp3) is 0. The summed E-state index contributed by atoms with van der Waals surface area (Å²) in [5, 5.41) is 12.1. The number of nitriles is 1. The minimum absolute atomic E-state index is 0.278. The van der Waals surface area contributed by atoms with Gasteiger partial charge >= 0.3 is 0 Å². The number of nitrogens with zero attached hydrogens (tertiary/aromatic N) is 1. The molecule has 0 aliphatic heterocycles. The van der Waals surface area contributed by atoms with Gasteiger partial charge in [-0.1, -0.05) is 17.7 Å². The molecule has 0 radical (unpaired) electrons. The number of anilines is 1. The third-order valence-electron chi connectivity index (χ3n) is 2.43. The van der Waals surface area contributed by atoms with Gasteiger partial charge in [-0.25, -0.2) is 0 Å². The lowest BCUT2D eigenvalue weighted by Gasteiger charge is -2.07. The Morgan fingerprint density at radius 2 is 2.05 bits per heavy atom. The van der Waals surface area contributed by atoms with Crippen LogP contribution in [0, 0.1) is 11.3 Å². The van der Waals surface area contributed by atoms with Gasteiger partial charge in [-0.05, 0) is 52.3 Å². The number of amides is 1. The smallest absolute Gasteiger partial charge is 0.255 e. The average molecular weight is 336 g/mol. The molecule has 0 saturated carbocycles. The van der Waals surface area contributed by atoms with Crippen LogP contribution in [0.15, 0.2) is 46.9 Å². The monoisotopic (exact) mass is 334 g/mol. The second-order valence-corrected chi connectivity index (χ2v) is 5.06. The zero-order valence-electron chi connectivity index (χ0n) is 9.65. The Bertz CT molecular complexity index is 679. The summed E-state index contributed by atoms with van der Waals surface area (Å²) >= 11 is 9.16. The van der Waals surface area contributed by atoms with E-state index in [-0.39, 0.29) is 5.91 Å². The molecule has 0 aliphatic carbocycles. The van der Waals surface area contributed by atoms with Gasteiger partial charge in [0.1, 0.15) is 0 Å². The molecule has 0 atom stereocenters. The third kappa shape index (κ3) is 3.34. The Balaban J connectivity index is 2.23. The van der Waals surface area contributed by atoms with E-state index >= 15 is 0 Å². The summed E-state index contributed by atoms with van der Waals surface area (Å²) in [5.41, 5.74) is 1.50. The van der Waals surface area contributed by atoms with Gasteiger partial charge in [-0.2, -0.15) is 5.26 Å². The number of nitrogens with one attached hydrogen (secondary N) is 1. The van der Waals surface area contributed by atoms with Crippen LogP contribution in [-0.2, 0) is 0 Å². The topological polar surface area (TPSA) is 52.9 Å². The summed E-state index contributed by atoms with van der Waals surface area (Å²) in [6.07, 6.45) is 0. The number of hydrogen-bond acceptors (Lipinski definition) is 2. The van der Waals surface area contributed by atoms with Gasteiger partial charge < -0.3 is 5.32 Å². The van der Waals surface area contributed by atoms with E-state index in [2.05, 4.69) is 21.2 Å². The van der Waals surface area contributed by atoms with Gasteiger partial charge in [0.2, 0.25) is 0 Å². The SMILES string of the molecule is N#Cc1cccc(C(=O)Nc2ccc(Cl)cc2Br)c1. The number of benzene rings is 2. The lowest BCUT2D eigenvalue weighted by Crippen LogP contribution is -2.12. The van der Waals surface area contributed by atoms with Crippen LogP contribution in [0.2, 0.25) is 5.02 Å². The molecule has 0 aromatic heterocycles. The van der Waals surface area contributed by atoms with Crippen molar-refractivity contribution < 1.29 is 4.79 Å². The quantitative estimate of drug-likeness (QED) is 0.893. The molecule has 0 bridgehead atoms. The maximum Gasteiger partial charge on any atom is 0.255 e. The fourth-order valence-electron chi connectivity index (χ4n) is 1.52. The minimum atomic E-state index is -0.278. The first-order valence-corrected chi connectivity index (χ1v) is 6.54. The van der Waals surface area contributed by atoms with E-state index < -0.39 is 0 Å². The molecular formula is C14H8BrClN2O. The molecule has 2 aromatic carbocycles. The molecule has 0 unspecified atom stereocenters. The van der Waals surface area contributed by atoms with E-state index in [1.807, 2.05) is 6.07 Å². The summed E-state index contributed by atoms with van der Waals surface area (Å²) in [6.45, 7) is 0. The van der Waals surface area contributed by atoms with E-state index in [1.165, 1.54) is 0 Å². The Kier molecular flexibility index (Phi) is 4.20. The van der Waals surface area contributed by atoms with Gasteiger partial charge in [-0.15, -0.1) is 0 Å². The van der Waals surface area contributed by atoms with Crippen molar-refractivity contribution in [3.05, 3.63) is 63.1 Å². The third-order valence-corrected chi connectivity index (χ3v) is 3.32. The second kappa shape index (κ2) is 5.87. The normalized spacial score (nSPS) is 9.74. The highest BCUT2D eigenvalue weighted by Crippen LogP contribution is 2.26. The lowest BCUT2D eigenvalue weighted by atomic mass is 10.1. The first kappa shape index (κ1) is 13.6. The van der Waals surface area contributed by atoms with Gasteiger partial charge in [-0.3, -0.25) is 4.79 Å². The molecule has 94 valence electrons. The molecule has 1 amide bonds. The van der Waals surface area contributed by atoms with Crippen LogP contribution in [0.25, 0.3) is 0 Å². The van der Waals surface area contributed by atoms with Crippen LogP contribution in [0.4, 0.5) is 5.69 Å². The van der Waals surface area contributed by atoms with Gasteiger partial charge in [0, 0.05) is 15.1 Å². The van der Waals surface area contributed by atoms with Crippen molar-refractivity contribution in [1.82, 2.24) is 0 Å². The number of rotatable bonds is 2. The Morgan fingerprint density at radius 3 is 2.74 bits per heavy atom. The molecule has 19 heavy (non-hydrogen) atoms.